The van der Waals surface area contributed by atoms with Crippen molar-refractivity contribution in [3.63, 3.8) is 0 Å². The molecule has 3 unspecified atom stereocenters. The van der Waals surface area contributed by atoms with Crippen molar-refractivity contribution in [2.75, 3.05) is 14.1 Å². The Morgan fingerprint density at radius 3 is 2.70 bits per heavy atom. The maximum absolute atomic E-state index is 12.0. The summed E-state index contributed by atoms with van der Waals surface area (Å²) >= 11 is 0. The van der Waals surface area contributed by atoms with E-state index in [1.54, 1.807) is 14.1 Å². The van der Waals surface area contributed by atoms with Crippen molar-refractivity contribution >= 4 is 17.5 Å². The number of nitrogens with one attached hydrogen (secondary N) is 1. The lowest BCUT2D eigenvalue weighted by atomic mass is 9.78. The number of ether oxygens (including phenoxy) is 1. The first-order valence-electron chi connectivity index (χ1n) is 9.65. The summed E-state index contributed by atoms with van der Waals surface area (Å²) in [6, 6.07) is 10.2. The number of amides is 1. The van der Waals surface area contributed by atoms with Crippen molar-refractivity contribution in [3.8, 4) is 0 Å². The molecule has 1 aliphatic carbocycles. The number of allylic oxidation sites excluding steroid dienone is 1. The SMILES string of the molecule is CC(OC(=O)N(C)C)C1=NNC(c2ccccc2)=C2CCCC(O)CCC12. The Hall–Kier alpha value is -2.34. The quantitative estimate of drug-likeness (QED) is 0.854. The van der Waals surface area contributed by atoms with Crippen LogP contribution < -0.4 is 5.43 Å². The zero-order chi connectivity index (χ0) is 19.4. The highest BCUT2D eigenvalue weighted by molar-refractivity contribution is 5.97. The summed E-state index contributed by atoms with van der Waals surface area (Å²) in [7, 11) is 3.34. The van der Waals surface area contributed by atoms with E-state index in [1.165, 1.54) is 10.5 Å². The first-order valence-corrected chi connectivity index (χ1v) is 9.65. The molecule has 1 aliphatic heterocycles. The average Bonchev–Trinajstić information content (AvgIpc) is 2.65. The topological polar surface area (TPSA) is 74.2 Å². The predicted molar refractivity (Wildman–Crippen MR) is 106 cm³/mol. The first kappa shape index (κ1) is 19.4. The Morgan fingerprint density at radius 2 is 2.00 bits per heavy atom. The molecule has 27 heavy (non-hydrogen) atoms. The molecule has 0 radical (unpaired) electrons. The number of benzene rings is 1. The van der Waals surface area contributed by atoms with Gasteiger partial charge >= 0.3 is 6.09 Å². The third kappa shape index (κ3) is 4.50. The molecule has 0 saturated heterocycles. The number of aliphatic hydroxyl groups is 1. The molecule has 1 saturated carbocycles. The van der Waals surface area contributed by atoms with E-state index in [9.17, 15) is 9.90 Å². The largest absolute Gasteiger partial charge is 0.440 e. The van der Waals surface area contributed by atoms with E-state index in [2.05, 4.69) is 22.7 Å². The normalized spacial score (nSPS) is 23.9. The summed E-state index contributed by atoms with van der Waals surface area (Å²) in [4.78, 5) is 13.4. The van der Waals surface area contributed by atoms with Gasteiger partial charge in [0.05, 0.1) is 17.5 Å². The van der Waals surface area contributed by atoms with E-state index >= 15 is 0 Å². The minimum absolute atomic E-state index is 0.0707. The van der Waals surface area contributed by atoms with Gasteiger partial charge in [0.25, 0.3) is 0 Å². The Labute approximate surface area is 160 Å². The predicted octanol–water partition coefficient (Wildman–Crippen LogP) is 3.38. The zero-order valence-corrected chi connectivity index (χ0v) is 16.3. The third-order valence-electron chi connectivity index (χ3n) is 5.29. The number of hydrogen-bond donors (Lipinski definition) is 2. The highest BCUT2D eigenvalue weighted by Gasteiger charge is 2.34. The van der Waals surface area contributed by atoms with Crippen LogP contribution in [0, 0.1) is 5.92 Å². The molecule has 6 heteroatoms. The summed E-state index contributed by atoms with van der Waals surface area (Å²) in [6.45, 7) is 1.86. The van der Waals surface area contributed by atoms with E-state index < -0.39 is 6.10 Å². The lowest BCUT2D eigenvalue weighted by molar-refractivity contribution is 0.104. The molecular weight excluding hydrogens is 342 g/mol. The van der Waals surface area contributed by atoms with Gasteiger partial charge in [-0.3, -0.25) is 5.43 Å². The summed E-state index contributed by atoms with van der Waals surface area (Å²) < 4.78 is 5.57. The van der Waals surface area contributed by atoms with Crippen LogP contribution in [0.3, 0.4) is 0 Å². The monoisotopic (exact) mass is 371 g/mol. The van der Waals surface area contributed by atoms with Crippen LogP contribution in [0.15, 0.2) is 41.0 Å². The van der Waals surface area contributed by atoms with Crippen LogP contribution in [0.25, 0.3) is 5.70 Å². The van der Waals surface area contributed by atoms with Crippen LogP contribution in [0.4, 0.5) is 4.79 Å². The van der Waals surface area contributed by atoms with Gasteiger partial charge in [-0.25, -0.2) is 4.79 Å². The second-order valence-electron chi connectivity index (χ2n) is 7.51. The Balaban J connectivity index is 1.92. The van der Waals surface area contributed by atoms with Crippen molar-refractivity contribution in [2.24, 2.45) is 11.0 Å². The number of carbonyl (C=O) groups excluding carboxylic acids is 1. The number of rotatable bonds is 3. The van der Waals surface area contributed by atoms with Gasteiger partial charge in [0.15, 0.2) is 0 Å². The zero-order valence-electron chi connectivity index (χ0n) is 16.3. The van der Waals surface area contributed by atoms with Crippen molar-refractivity contribution in [2.45, 2.75) is 51.2 Å². The van der Waals surface area contributed by atoms with Gasteiger partial charge in [-0.05, 0) is 50.2 Å². The van der Waals surface area contributed by atoms with Crippen molar-refractivity contribution in [1.29, 1.82) is 0 Å². The van der Waals surface area contributed by atoms with E-state index in [4.69, 9.17) is 4.74 Å². The molecule has 2 N–H and O–H groups in total. The summed E-state index contributed by atoms with van der Waals surface area (Å²) in [5.74, 6) is 0.0707. The minimum atomic E-state index is -0.429. The molecule has 6 nitrogen and oxygen atoms in total. The van der Waals surface area contributed by atoms with Crippen LogP contribution in [0.1, 0.15) is 44.6 Å². The number of nitrogens with zero attached hydrogens (tertiary/aromatic N) is 2. The summed E-state index contributed by atoms with van der Waals surface area (Å²) in [5.41, 5.74) is 7.51. The second-order valence-corrected chi connectivity index (χ2v) is 7.51. The van der Waals surface area contributed by atoms with Crippen molar-refractivity contribution in [1.82, 2.24) is 10.3 Å². The average molecular weight is 371 g/mol. The summed E-state index contributed by atoms with van der Waals surface area (Å²) in [5, 5.41) is 14.8. The maximum atomic E-state index is 12.0. The molecular formula is C21H29N3O3. The number of hydrazone groups is 1. The van der Waals surface area contributed by atoms with Gasteiger partial charge < -0.3 is 14.7 Å². The Kier molecular flexibility index (Phi) is 6.16. The number of carbonyl (C=O) groups is 1. The standard InChI is InChI=1S/C21H29N3O3/c1-14(27-21(26)24(2)3)19-18-13-12-16(25)10-7-11-17(18)20(23-22-19)15-8-5-4-6-9-15/h4-6,8-9,14,16,18,23,25H,7,10-13H2,1-3H3. The van der Waals surface area contributed by atoms with Crippen molar-refractivity contribution < 1.29 is 14.6 Å². The smallest absolute Gasteiger partial charge is 0.409 e. The molecule has 146 valence electrons. The van der Waals surface area contributed by atoms with E-state index in [0.29, 0.717) is 0 Å². The summed E-state index contributed by atoms with van der Waals surface area (Å²) in [6.07, 6.45) is 3.09. The third-order valence-corrected chi connectivity index (χ3v) is 5.29. The number of aliphatic hydroxyl groups excluding tert-OH is 1. The highest BCUT2D eigenvalue weighted by Crippen LogP contribution is 2.36. The maximum Gasteiger partial charge on any atom is 0.409 e. The van der Waals surface area contributed by atoms with E-state index in [-0.39, 0.29) is 18.1 Å². The molecule has 0 spiro atoms. The van der Waals surface area contributed by atoms with Gasteiger partial charge in [-0.1, -0.05) is 30.3 Å². The molecule has 1 heterocycles. The molecule has 3 atom stereocenters. The lowest BCUT2D eigenvalue weighted by Crippen LogP contribution is -2.39. The number of hydrogen-bond acceptors (Lipinski definition) is 5. The molecule has 2 aliphatic rings. The van der Waals surface area contributed by atoms with E-state index in [0.717, 1.165) is 49.1 Å². The first-order chi connectivity index (χ1) is 13.0. The molecule has 3 rings (SSSR count). The van der Waals surface area contributed by atoms with Gasteiger partial charge in [-0.2, -0.15) is 5.10 Å². The second kappa shape index (κ2) is 8.57. The van der Waals surface area contributed by atoms with Gasteiger partial charge in [0.1, 0.15) is 6.10 Å². The minimum Gasteiger partial charge on any atom is -0.440 e. The fraction of sp³-hybridized carbons (Fsp3) is 0.524. The Morgan fingerprint density at radius 1 is 1.26 bits per heavy atom. The lowest BCUT2D eigenvalue weighted by Gasteiger charge is -2.34. The fourth-order valence-electron chi connectivity index (χ4n) is 3.82. The van der Waals surface area contributed by atoms with Gasteiger partial charge in [-0.15, -0.1) is 0 Å². The van der Waals surface area contributed by atoms with Crippen LogP contribution in [-0.2, 0) is 4.74 Å². The van der Waals surface area contributed by atoms with Crippen LogP contribution in [-0.4, -0.2) is 48.1 Å². The van der Waals surface area contributed by atoms with Crippen LogP contribution in [0.2, 0.25) is 0 Å². The molecule has 1 aromatic carbocycles. The van der Waals surface area contributed by atoms with Gasteiger partial charge in [0.2, 0.25) is 0 Å². The number of fused-ring (bicyclic) bond motifs is 1. The van der Waals surface area contributed by atoms with Crippen molar-refractivity contribution in [3.05, 3.63) is 41.5 Å². The van der Waals surface area contributed by atoms with Gasteiger partial charge in [0, 0.05) is 20.0 Å². The molecule has 0 aromatic heterocycles. The Bertz CT molecular complexity index is 727. The molecule has 1 aromatic rings. The van der Waals surface area contributed by atoms with Crippen LogP contribution in [0.5, 0.6) is 0 Å². The molecule has 1 fully saturated rings. The highest BCUT2D eigenvalue weighted by atomic mass is 16.6. The molecule has 1 amide bonds. The van der Waals surface area contributed by atoms with E-state index in [1.807, 2.05) is 25.1 Å². The fourth-order valence-corrected chi connectivity index (χ4v) is 3.82. The molecule has 0 bridgehead atoms. The van der Waals surface area contributed by atoms with Crippen LogP contribution >= 0.6 is 0 Å².